The van der Waals surface area contributed by atoms with Crippen molar-refractivity contribution in [3.63, 3.8) is 0 Å². The Hall–Kier alpha value is -15.0. The van der Waals surface area contributed by atoms with Gasteiger partial charge in [0, 0.05) is 98.6 Å². The van der Waals surface area contributed by atoms with Crippen molar-refractivity contribution in [3.8, 4) is 113 Å². The molecule has 0 saturated carbocycles. The standard InChI is InChI=1S/C51H33N5.C49H30N4O/c1-3-13-33(14-4-1)34-25-27-36(28-26-34)50-53-49(35-15-5-2-6-16-35)54-51(55-50)38-17-11-18-39(31-38)56-46-24-10-8-20-42(46)44-32-37(29-30-47(44)56)40-21-12-22-43-41-19-7-9-23-45(41)52-48(40)43;1-3-13-31(14-4-1)47-50-48(32-15-5-2-6-16-32)52-49(51-47)40-26-28-43(36-18-8-7-17-35(36)40)53-42-21-11-9-19-37(42)41-29-33(24-27-44(41)53)34-23-25-39-38-20-10-12-22-45(38)54-46(39)30-34/h1-32,52H;1-30H. The summed E-state index contributed by atoms with van der Waals surface area (Å²) in [6.45, 7) is 0. The van der Waals surface area contributed by atoms with Gasteiger partial charge in [-0.25, -0.2) is 29.9 Å². The Labute approximate surface area is 631 Å². The molecule has 0 spiro atoms. The van der Waals surface area contributed by atoms with E-state index in [0.29, 0.717) is 34.9 Å². The molecule has 10 nitrogen and oxygen atoms in total. The Morgan fingerprint density at radius 1 is 0.209 bits per heavy atom. The quantitative estimate of drug-likeness (QED) is 0.137. The third-order valence-electron chi connectivity index (χ3n) is 21.3. The number of nitrogens with one attached hydrogen (secondary N) is 1. The molecule has 0 aliphatic heterocycles. The van der Waals surface area contributed by atoms with E-state index in [2.05, 4.69) is 281 Å². The van der Waals surface area contributed by atoms with Gasteiger partial charge in [0.15, 0.2) is 34.9 Å². The molecule has 16 aromatic carbocycles. The number of aromatic amines is 1. The molecule has 22 aromatic rings. The number of H-pyrrole nitrogens is 1. The van der Waals surface area contributed by atoms with Crippen LogP contribution in [0.5, 0.6) is 0 Å². The summed E-state index contributed by atoms with van der Waals surface area (Å²) in [7, 11) is 0. The third-order valence-corrected chi connectivity index (χ3v) is 21.3. The van der Waals surface area contributed by atoms with E-state index in [1.807, 2.05) is 109 Å². The summed E-state index contributed by atoms with van der Waals surface area (Å²) in [6.07, 6.45) is 0. The van der Waals surface area contributed by atoms with Crippen molar-refractivity contribution >= 4 is 98.1 Å². The molecule has 514 valence electrons. The van der Waals surface area contributed by atoms with Crippen LogP contribution in [0.15, 0.2) is 381 Å². The van der Waals surface area contributed by atoms with Gasteiger partial charge in [0.25, 0.3) is 0 Å². The first kappa shape index (κ1) is 63.5. The van der Waals surface area contributed by atoms with Crippen molar-refractivity contribution in [2.45, 2.75) is 0 Å². The Morgan fingerprint density at radius 3 is 1.28 bits per heavy atom. The van der Waals surface area contributed by atoms with Gasteiger partial charge in [-0.1, -0.05) is 291 Å². The maximum atomic E-state index is 6.26. The van der Waals surface area contributed by atoms with Gasteiger partial charge in [-0.3, -0.25) is 0 Å². The largest absolute Gasteiger partial charge is 0.456 e. The second-order valence-corrected chi connectivity index (χ2v) is 27.8. The van der Waals surface area contributed by atoms with Crippen LogP contribution in [0, 0.1) is 0 Å². The Balaban J connectivity index is 0.000000140. The van der Waals surface area contributed by atoms with E-state index in [1.165, 1.54) is 49.0 Å². The van der Waals surface area contributed by atoms with E-state index in [9.17, 15) is 0 Å². The number of rotatable bonds is 11. The molecule has 0 fully saturated rings. The minimum absolute atomic E-state index is 0.623. The molecule has 22 rings (SSSR count). The zero-order valence-electron chi connectivity index (χ0n) is 59.3. The summed E-state index contributed by atoms with van der Waals surface area (Å²) in [5, 5.41) is 11.7. The molecule has 0 saturated heterocycles. The van der Waals surface area contributed by atoms with E-state index < -0.39 is 0 Å². The van der Waals surface area contributed by atoms with Crippen molar-refractivity contribution in [3.05, 3.63) is 376 Å². The molecule has 0 unspecified atom stereocenters. The van der Waals surface area contributed by atoms with Crippen LogP contribution in [0.4, 0.5) is 0 Å². The van der Waals surface area contributed by atoms with E-state index in [-0.39, 0.29) is 0 Å². The van der Waals surface area contributed by atoms with Gasteiger partial charge in [-0.05, 0) is 118 Å². The van der Waals surface area contributed by atoms with Crippen LogP contribution in [-0.4, -0.2) is 44.0 Å². The maximum Gasteiger partial charge on any atom is 0.164 e. The SMILES string of the molecule is c1ccc(-c2ccc(-c3nc(-c4ccccc4)nc(-c4cccc(-n5c6ccccc6c6cc(-c7cccc8c7[nH]c7ccccc78)ccc65)c4)n3)cc2)cc1.c1ccc(-c2nc(-c3ccccc3)nc(-c3ccc(-n4c5ccccc5c5cc(-c6ccc7c(c6)oc6ccccc67)ccc54)c4ccccc34)n2)cc1. The van der Waals surface area contributed by atoms with Crippen LogP contribution in [0.25, 0.3) is 211 Å². The first-order chi connectivity index (χ1) is 54.5. The van der Waals surface area contributed by atoms with E-state index in [4.69, 9.17) is 34.3 Å². The zero-order valence-corrected chi connectivity index (χ0v) is 59.3. The lowest BCUT2D eigenvalue weighted by Crippen LogP contribution is -2.01. The lowest BCUT2D eigenvalue weighted by molar-refractivity contribution is 0.669. The maximum absolute atomic E-state index is 6.26. The summed E-state index contributed by atoms with van der Waals surface area (Å²) >= 11 is 0. The van der Waals surface area contributed by atoms with Crippen molar-refractivity contribution in [2.24, 2.45) is 0 Å². The highest BCUT2D eigenvalue weighted by atomic mass is 16.3. The van der Waals surface area contributed by atoms with E-state index in [0.717, 1.165) is 127 Å². The summed E-state index contributed by atoms with van der Waals surface area (Å²) in [6, 6.07) is 131. The summed E-state index contributed by atoms with van der Waals surface area (Å²) < 4.78 is 11.0. The van der Waals surface area contributed by atoms with Crippen LogP contribution in [0.1, 0.15) is 0 Å². The van der Waals surface area contributed by atoms with E-state index in [1.54, 1.807) is 0 Å². The number of furan rings is 1. The smallest absolute Gasteiger partial charge is 0.164 e. The second-order valence-electron chi connectivity index (χ2n) is 27.8. The Morgan fingerprint density at radius 2 is 0.627 bits per heavy atom. The molecule has 0 atom stereocenters. The normalized spacial score (nSPS) is 11.6. The number of hydrogen-bond acceptors (Lipinski definition) is 7. The van der Waals surface area contributed by atoms with Gasteiger partial charge in [-0.2, -0.15) is 0 Å². The van der Waals surface area contributed by atoms with Gasteiger partial charge < -0.3 is 18.5 Å². The summed E-state index contributed by atoms with van der Waals surface area (Å²) in [5.74, 6) is 3.82. The first-order valence-electron chi connectivity index (χ1n) is 37.0. The van der Waals surface area contributed by atoms with Crippen molar-refractivity contribution in [2.75, 3.05) is 0 Å². The lowest BCUT2D eigenvalue weighted by atomic mass is 10.00. The third kappa shape index (κ3) is 11.1. The fraction of sp³-hybridized carbons (Fsp3) is 0. The van der Waals surface area contributed by atoms with Gasteiger partial charge in [0.1, 0.15) is 11.2 Å². The lowest BCUT2D eigenvalue weighted by Gasteiger charge is -2.15. The molecule has 10 heteroatoms. The molecule has 0 aliphatic carbocycles. The van der Waals surface area contributed by atoms with Crippen molar-refractivity contribution in [1.29, 1.82) is 0 Å². The van der Waals surface area contributed by atoms with Gasteiger partial charge in [0.2, 0.25) is 0 Å². The molecular weight excluding hydrogens is 1340 g/mol. The van der Waals surface area contributed by atoms with Gasteiger partial charge in [-0.15, -0.1) is 0 Å². The number of nitrogens with zero attached hydrogens (tertiary/aromatic N) is 8. The molecule has 0 aliphatic rings. The average Bonchev–Trinajstić information content (AvgIpc) is 1.57. The topological polar surface area (TPSA) is 116 Å². The molecule has 0 radical (unpaired) electrons. The van der Waals surface area contributed by atoms with Crippen LogP contribution >= 0.6 is 0 Å². The molecule has 0 bridgehead atoms. The van der Waals surface area contributed by atoms with Crippen LogP contribution in [-0.2, 0) is 0 Å². The van der Waals surface area contributed by atoms with Gasteiger partial charge >= 0.3 is 0 Å². The minimum Gasteiger partial charge on any atom is -0.456 e. The fourth-order valence-electron chi connectivity index (χ4n) is 16.0. The summed E-state index contributed by atoms with van der Waals surface area (Å²) in [4.78, 5) is 33.9. The predicted octanol–water partition coefficient (Wildman–Crippen LogP) is 25.6. The van der Waals surface area contributed by atoms with Gasteiger partial charge in [0.05, 0.1) is 33.3 Å². The number of hydrogen-bond donors (Lipinski definition) is 1. The zero-order chi connectivity index (χ0) is 72.6. The molecule has 6 heterocycles. The van der Waals surface area contributed by atoms with Crippen LogP contribution < -0.4 is 0 Å². The highest BCUT2D eigenvalue weighted by Crippen LogP contribution is 2.43. The monoisotopic (exact) mass is 1410 g/mol. The number of para-hydroxylation sites is 5. The molecule has 6 aromatic heterocycles. The Bertz CT molecular complexity index is 7270. The number of fused-ring (bicyclic) bond motifs is 13. The average molecular weight is 1410 g/mol. The van der Waals surface area contributed by atoms with Crippen molar-refractivity contribution in [1.82, 2.24) is 44.0 Å². The predicted molar refractivity (Wildman–Crippen MR) is 451 cm³/mol. The second kappa shape index (κ2) is 26.5. The van der Waals surface area contributed by atoms with Crippen molar-refractivity contribution < 1.29 is 4.42 Å². The highest BCUT2D eigenvalue weighted by Gasteiger charge is 2.23. The first-order valence-corrected chi connectivity index (χ1v) is 37.0. The highest BCUT2D eigenvalue weighted by molar-refractivity contribution is 6.16. The molecular formula is C100H63N9O. The minimum atomic E-state index is 0.623. The Kier molecular flexibility index (Phi) is 15.3. The number of benzene rings is 16. The van der Waals surface area contributed by atoms with Crippen LogP contribution in [0.3, 0.4) is 0 Å². The fourth-order valence-corrected chi connectivity index (χ4v) is 16.0. The molecule has 0 amide bonds. The number of aromatic nitrogens is 9. The van der Waals surface area contributed by atoms with E-state index >= 15 is 0 Å². The molecule has 110 heavy (non-hydrogen) atoms. The van der Waals surface area contributed by atoms with Crippen LogP contribution in [0.2, 0.25) is 0 Å². The summed E-state index contributed by atoms with van der Waals surface area (Å²) in [5.41, 5.74) is 23.4. The molecule has 1 N–H and O–H groups in total.